The Kier molecular flexibility index (Phi) is 8.94. The molecule has 3 rings (SSSR count). The Morgan fingerprint density at radius 2 is 1.77 bits per heavy atom. The van der Waals surface area contributed by atoms with Crippen molar-refractivity contribution in [2.24, 2.45) is 0 Å². The molecule has 0 aliphatic heterocycles. The Morgan fingerprint density at radius 3 is 2.43 bits per heavy atom. The van der Waals surface area contributed by atoms with Gasteiger partial charge in [-0.1, -0.05) is 25.1 Å². The number of ether oxygens (including phenoxy) is 3. The van der Waals surface area contributed by atoms with Gasteiger partial charge < -0.3 is 19.5 Å². The lowest BCUT2D eigenvalue weighted by atomic mass is 10.1. The molecule has 9 nitrogen and oxygen atoms in total. The van der Waals surface area contributed by atoms with E-state index in [2.05, 4.69) is 20.6 Å². The molecule has 0 bridgehead atoms. The van der Waals surface area contributed by atoms with Gasteiger partial charge in [0.2, 0.25) is 0 Å². The number of esters is 1. The molecule has 10 heteroatoms. The van der Waals surface area contributed by atoms with Crippen LogP contribution in [0.5, 0.6) is 11.5 Å². The number of hydrogen-bond acceptors (Lipinski definition) is 8. The van der Waals surface area contributed by atoms with E-state index >= 15 is 0 Å². The van der Waals surface area contributed by atoms with Crippen LogP contribution in [0.25, 0.3) is 11.4 Å². The minimum absolute atomic E-state index is 0.0636. The van der Waals surface area contributed by atoms with Gasteiger partial charge in [-0.05, 0) is 50.6 Å². The van der Waals surface area contributed by atoms with E-state index in [4.69, 9.17) is 14.2 Å². The van der Waals surface area contributed by atoms with Crippen molar-refractivity contribution in [1.82, 2.24) is 9.97 Å². The second-order valence-corrected chi connectivity index (χ2v) is 7.18. The van der Waals surface area contributed by atoms with Crippen LogP contribution in [0.15, 0.2) is 48.5 Å². The fourth-order valence-electron chi connectivity index (χ4n) is 3.05. The summed E-state index contributed by atoms with van der Waals surface area (Å²) in [5.74, 6) is -0.524. The number of aromatic nitrogens is 2. The predicted octanol–water partition coefficient (Wildman–Crippen LogP) is 5.29. The Labute approximate surface area is 202 Å². The highest BCUT2D eigenvalue weighted by atomic mass is 19.1. The van der Waals surface area contributed by atoms with E-state index in [1.807, 2.05) is 6.92 Å². The van der Waals surface area contributed by atoms with Crippen molar-refractivity contribution >= 4 is 23.6 Å². The van der Waals surface area contributed by atoms with Crippen LogP contribution < -0.4 is 20.1 Å². The maximum absolute atomic E-state index is 14.9. The molecule has 0 aliphatic carbocycles. The van der Waals surface area contributed by atoms with Gasteiger partial charge in [0.15, 0.2) is 23.1 Å². The summed E-state index contributed by atoms with van der Waals surface area (Å²) in [5, 5.41) is 5.48. The van der Waals surface area contributed by atoms with Crippen molar-refractivity contribution in [3.63, 3.8) is 0 Å². The Morgan fingerprint density at radius 1 is 1.00 bits per heavy atom. The van der Waals surface area contributed by atoms with Gasteiger partial charge in [-0.3, -0.25) is 5.32 Å². The molecule has 0 saturated heterocycles. The van der Waals surface area contributed by atoms with Gasteiger partial charge in [-0.15, -0.1) is 0 Å². The first kappa shape index (κ1) is 25.4. The normalized spacial score (nSPS) is 10.4. The van der Waals surface area contributed by atoms with Gasteiger partial charge in [0.05, 0.1) is 18.9 Å². The van der Waals surface area contributed by atoms with Gasteiger partial charge in [0.1, 0.15) is 11.6 Å². The lowest BCUT2D eigenvalue weighted by Crippen LogP contribution is -2.17. The number of carbonyl (C=O) groups is 2. The van der Waals surface area contributed by atoms with Crippen LogP contribution >= 0.6 is 0 Å². The molecular weight excluding hydrogens is 455 g/mol. The van der Waals surface area contributed by atoms with Crippen molar-refractivity contribution in [3.05, 3.63) is 60.0 Å². The molecule has 0 aliphatic rings. The first-order valence-electron chi connectivity index (χ1n) is 11.3. The van der Waals surface area contributed by atoms with E-state index in [0.29, 0.717) is 18.1 Å². The number of nitrogens with one attached hydrogen (secondary N) is 2. The topological polar surface area (TPSA) is 112 Å². The highest BCUT2D eigenvalue weighted by molar-refractivity contribution is 5.93. The number of carbonyl (C=O) groups excluding carboxylic acids is 2. The number of rotatable bonds is 10. The summed E-state index contributed by atoms with van der Waals surface area (Å²) in [6.45, 7) is 6.43. The Bertz CT molecular complexity index is 1170. The first-order chi connectivity index (χ1) is 17.0. The number of para-hydroxylation sites is 1. The summed E-state index contributed by atoms with van der Waals surface area (Å²) >= 11 is 0. The summed E-state index contributed by atoms with van der Waals surface area (Å²) < 4.78 is 30.8. The Balaban J connectivity index is 1.92. The predicted molar refractivity (Wildman–Crippen MR) is 129 cm³/mol. The first-order valence-corrected chi connectivity index (χ1v) is 11.3. The maximum Gasteiger partial charge on any atom is 0.417 e. The maximum atomic E-state index is 14.9. The summed E-state index contributed by atoms with van der Waals surface area (Å²) in [4.78, 5) is 33.5. The molecule has 2 aromatic carbocycles. The average molecular weight is 483 g/mol. The quantitative estimate of drug-likeness (QED) is 0.375. The zero-order chi connectivity index (χ0) is 25.2. The van der Waals surface area contributed by atoms with Crippen LogP contribution in [0.3, 0.4) is 0 Å². The summed E-state index contributed by atoms with van der Waals surface area (Å²) in [7, 11) is 0. The Hall–Kier alpha value is -4.21. The molecule has 184 valence electrons. The third-order valence-electron chi connectivity index (χ3n) is 4.58. The van der Waals surface area contributed by atoms with E-state index in [1.54, 1.807) is 44.2 Å². The highest BCUT2D eigenvalue weighted by Gasteiger charge is 2.24. The van der Waals surface area contributed by atoms with Gasteiger partial charge in [-0.25, -0.2) is 23.9 Å². The number of nitrogens with zero attached hydrogens (tertiary/aromatic N) is 2. The van der Waals surface area contributed by atoms with E-state index in [9.17, 15) is 14.0 Å². The van der Waals surface area contributed by atoms with Crippen molar-refractivity contribution in [1.29, 1.82) is 0 Å². The minimum Gasteiger partial charge on any atom is -0.488 e. The van der Waals surface area contributed by atoms with Crippen LogP contribution in [0.2, 0.25) is 0 Å². The van der Waals surface area contributed by atoms with Crippen LogP contribution in [-0.2, 0) is 4.74 Å². The molecule has 0 unspecified atom stereocenters. The third kappa shape index (κ3) is 6.66. The summed E-state index contributed by atoms with van der Waals surface area (Å²) in [6.07, 6.45) is -0.0379. The molecule has 0 atom stereocenters. The van der Waals surface area contributed by atoms with E-state index in [0.717, 1.165) is 12.5 Å². The highest BCUT2D eigenvalue weighted by Crippen LogP contribution is 2.31. The van der Waals surface area contributed by atoms with Crippen LogP contribution in [0, 0.1) is 5.82 Å². The molecule has 0 radical (unpaired) electrons. The minimum atomic E-state index is -0.837. The third-order valence-corrected chi connectivity index (χ3v) is 4.58. The summed E-state index contributed by atoms with van der Waals surface area (Å²) in [6, 6.07) is 12.5. The van der Waals surface area contributed by atoms with Gasteiger partial charge in [-0.2, -0.15) is 0 Å². The number of benzene rings is 2. The molecule has 1 aromatic heterocycles. The molecule has 0 fully saturated rings. The molecular formula is C25H27FN4O5. The lowest BCUT2D eigenvalue weighted by molar-refractivity contribution is 0.0514. The average Bonchev–Trinajstić information content (AvgIpc) is 2.85. The number of halogens is 1. The molecule has 0 saturated carbocycles. The molecule has 3 aromatic rings. The second kappa shape index (κ2) is 12.3. The van der Waals surface area contributed by atoms with E-state index < -0.39 is 17.9 Å². The zero-order valence-corrected chi connectivity index (χ0v) is 19.8. The second-order valence-electron chi connectivity index (χ2n) is 7.18. The van der Waals surface area contributed by atoms with Gasteiger partial charge >= 0.3 is 12.1 Å². The number of hydrogen-bond donors (Lipinski definition) is 2. The van der Waals surface area contributed by atoms with Crippen molar-refractivity contribution in [2.75, 3.05) is 30.4 Å². The molecule has 0 spiro atoms. The fourth-order valence-corrected chi connectivity index (χ4v) is 3.05. The number of anilines is 2. The van der Waals surface area contributed by atoms with Crippen molar-refractivity contribution < 1.29 is 28.2 Å². The largest absolute Gasteiger partial charge is 0.488 e. The molecule has 2 N–H and O–H groups in total. The van der Waals surface area contributed by atoms with E-state index in [1.165, 1.54) is 12.1 Å². The lowest BCUT2D eigenvalue weighted by Gasteiger charge is -2.16. The van der Waals surface area contributed by atoms with Crippen LogP contribution in [-0.4, -0.2) is 41.8 Å². The monoisotopic (exact) mass is 482 g/mol. The number of amides is 1. The van der Waals surface area contributed by atoms with Crippen molar-refractivity contribution in [3.8, 4) is 22.9 Å². The van der Waals surface area contributed by atoms with Gasteiger partial charge in [0.25, 0.3) is 0 Å². The van der Waals surface area contributed by atoms with E-state index in [-0.39, 0.29) is 41.7 Å². The summed E-state index contributed by atoms with van der Waals surface area (Å²) in [5.41, 5.74) is 0.138. The SMILES string of the molecule is CCCNc1nc(-c2ccc(NC(=O)Oc3ccccc3)c(F)c2)nc(C(=O)OCC)c1OCC. The zero-order valence-electron chi connectivity index (χ0n) is 19.8. The van der Waals surface area contributed by atoms with Crippen molar-refractivity contribution in [2.45, 2.75) is 27.2 Å². The van der Waals surface area contributed by atoms with Crippen LogP contribution in [0.4, 0.5) is 20.7 Å². The fraction of sp³-hybridized carbons (Fsp3) is 0.280. The molecule has 1 amide bonds. The molecule has 1 heterocycles. The smallest absolute Gasteiger partial charge is 0.417 e. The molecule has 35 heavy (non-hydrogen) atoms. The van der Waals surface area contributed by atoms with Crippen LogP contribution in [0.1, 0.15) is 37.7 Å². The van der Waals surface area contributed by atoms with Gasteiger partial charge in [0, 0.05) is 12.1 Å². The standard InChI is InChI=1S/C25H27FN4O5/c1-4-14-27-23-21(33-5-2)20(24(31)34-6-3)29-22(30-23)16-12-13-19(18(26)15-16)28-25(32)35-17-10-8-7-9-11-17/h7-13,15H,4-6,14H2,1-3H3,(H,28,32)(H,27,29,30).